The van der Waals surface area contributed by atoms with E-state index in [0.29, 0.717) is 0 Å². The molecule has 1 N–H and O–H groups in total. The Morgan fingerprint density at radius 2 is 2.13 bits per heavy atom. The summed E-state index contributed by atoms with van der Waals surface area (Å²) in [5.74, 6) is 0. The van der Waals surface area contributed by atoms with E-state index >= 15 is 0 Å². The van der Waals surface area contributed by atoms with E-state index in [0.717, 1.165) is 32.7 Å². The molecular formula is C11H21N3S. The Morgan fingerprint density at radius 1 is 1.40 bits per heavy atom. The van der Waals surface area contributed by atoms with Gasteiger partial charge < -0.3 is 10.2 Å². The molecule has 0 atom stereocenters. The van der Waals surface area contributed by atoms with E-state index in [1.165, 1.54) is 9.88 Å². The predicted octanol–water partition coefficient (Wildman–Crippen LogP) is 1.88. The number of nitrogens with zero attached hydrogens (tertiary/aromatic N) is 2. The molecule has 15 heavy (non-hydrogen) atoms. The fraction of sp³-hybridized carbons (Fsp3) is 0.727. The average Bonchev–Trinajstić information content (AvgIpc) is 2.65. The lowest BCUT2D eigenvalue weighted by atomic mass is 10.4. The molecule has 3 nitrogen and oxygen atoms in total. The quantitative estimate of drug-likeness (QED) is 0.721. The third-order valence-electron chi connectivity index (χ3n) is 2.44. The zero-order valence-electron chi connectivity index (χ0n) is 9.92. The monoisotopic (exact) mass is 227 g/mol. The van der Waals surface area contributed by atoms with Crippen LogP contribution in [0, 0.1) is 6.92 Å². The first kappa shape index (κ1) is 12.6. The van der Waals surface area contributed by atoms with Gasteiger partial charge in [-0.3, -0.25) is 0 Å². The number of hydrogen-bond donors (Lipinski definition) is 1. The molecule has 0 radical (unpaired) electrons. The van der Waals surface area contributed by atoms with E-state index in [9.17, 15) is 0 Å². The minimum Gasteiger partial charge on any atom is -0.309 e. The molecule has 0 aromatic carbocycles. The summed E-state index contributed by atoms with van der Waals surface area (Å²) < 4.78 is 0. The van der Waals surface area contributed by atoms with E-state index < -0.39 is 0 Å². The van der Waals surface area contributed by atoms with Gasteiger partial charge in [-0.05, 0) is 20.0 Å². The number of hydrogen-bond acceptors (Lipinski definition) is 4. The molecule has 0 saturated heterocycles. The van der Waals surface area contributed by atoms with Crippen LogP contribution in [-0.4, -0.2) is 36.1 Å². The highest BCUT2D eigenvalue weighted by atomic mass is 32.1. The first-order valence-electron chi connectivity index (χ1n) is 5.60. The van der Waals surface area contributed by atoms with Gasteiger partial charge in [0.25, 0.3) is 0 Å². The Bertz CT molecular complexity index is 269. The minimum atomic E-state index is 0.903. The molecule has 0 aliphatic carbocycles. The molecular weight excluding hydrogens is 206 g/mol. The molecule has 0 aliphatic heterocycles. The highest BCUT2D eigenvalue weighted by molar-refractivity contribution is 7.11. The smallest absolute Gasteiger partial charge is 0.107 e. The van der Waals surface area contributed by atoms with Crippen LogP contribution in [-0.2, 0) is 6.54 Å². The standard InChI is InChI=1S/C11H21N3S/c1-4-14(5-2)7-6-12-9-11-13-8-10(3)15-11/h8,12H,4-7,9H2,1-3H3. The molecule has 4 heteroatoms. The SMILES string of the molecule is CCN(CC)CCNCc1ncc(C)s1. The van der Waals surface area contributed by atoms with Crippen LogP contribution < -0.4 is 5.32 Å². The average molecular weight is 227 g/mol. The molecule has 0 bridgehead atoms. The van der Waals surface area contributed by atoms with Crippen LogP contribution in [0.5, 0.6) is 0 Å². The predicted molar refractivity (Wildman–Crippen MR) is 66.3 cm³/mol. The Morgan fingerprint density at radius 3 is 2.67 bits per heavy atom. The molecule has 1 heterocycles. The van der Waals surface area contributed by atoms with Crippen LogP contribution in [0.4, 0.5) is 0 Å². The summed E-state index contributed by atoms with van der Waals surface area (Å²) in [5.41, 5.74) is 0. The number of likely N-dealkylation sites (N-methyl/N-ethyl adjacent to an activating group) is 1. The number of thiazole rings is 1. The van der Waals surface area contributed by atoms with E-state index in [2.05, 4.69) is 36.0 Å². The van der Waals surface area contributed by atoms with Crippen molar-refractivity contribution in [1.29, 1.82) is 0 Å². The maximum Gasteiger partial charge on any atom is 0.107 e. The zero-order valence-corrected chi connectivity index (χ0v) is 10.7. The van der Waals surface area contributed by atoms with Crippen molar-refractivity contribution in [2.24, 2.45) is 0 Å². The van der Waals surface area contributed by atoms with E-state index in [1.54, 1.807) is 11.3 Å². The van der Waals surface area contributed by atoms with Crippen LogP contribution in [0.3, 0.4) is 0 Å². The molecule has 1 aromatic heterocycles. The molecule has 86 valence electrons. The lowest BCUT2D eigenvalue weighted by molar-refractivity contribution is 0.302. The van der Waals surface area contributed by atoms with Crippen molar-refractivity contribution in [3.05, 3.63) is 16.1 Å². The molecule has 0 amide bonds. The first-order chi connectivity index (χ1) is 7.26. The van der Waals surface area contributed by atoms with Gasteiger partial charge in [-0.1, -0.05) is 13.8 Å². The number of aryl methyl sites for hydroxylation is 1. The number of aromatic nitrogens is 1. The van der Waals surface area contributed by atoms with E-state index in [4.69, 9.17) is 0 Å². The van der Waals surface area contributed by atoms with Crippen LogP contribution in [0.15, 0.2) is 6.20 Å². The topological polar surface area (TPSA) is 28.2 Å². The van der Waals surface area contributed by atoms with Gasteiger partial charge >= 0.3 is 0 Å². The summed E-state index contributed by atoms with van der Waals surface area (Å²) in [7, 11) is 0. The van der Waals surface area contributed by atoms with Crippen molar-refractivity contribution in [2.75, 3.05) is 26.2 Å². The molecule has 0 fully saturated rings. The van der Waals surface area contributed by atoms with Crippen molar-refractivity contribution < 1.29 is 0 Å². The van der Waals surface area contributed by atoms with Gasteiger partial charge in [0.15, 0.2) is 0 Å². The highest BCUT2D eigenvalue weighted by Crippen LogP contribution is 2.10. The molecule has 0 saturated carbocycles. The second-order valence-electron chi connectivity index (χ2n) is 3.57. The summed E-state index contributed by atoms with van der Waals surface area (Å²) in [4.78, 5) is 8.02. The van der Waals surface area contributed by atoms with Crippen molar-refractivity contribution in [3.63, 3.8) is 0 Å². The van der Waals surface area contributed by atoms with Gasteiger partial charge in [0.1, 0.15) is 5.01 Å². The fourth-order valence-corrected chi connectivity index (χ4v) is 2.21. The summed E-state index contributed by atoms with van der Waals surface area (Å²) in [6.45, 7) is 11.8. The summed E-state index contributed by atoms with van der Waals surface area (Å²) in [6.07, 6.45) is 1.94. The maximum absolute atomic E-state index is 4.32. The van der Waals surface area contributed by atoms with Gasteiger partial charge in [0.05, 0.1) is 0 Å². The third kappa shape index (κ3) is 4.73. The first-order valence-corrected chi connectivity index (χ1v) is 6.42. The molecule has 0 aliphatic rings. The zero-order chi connectivity index (χ0) is 11.1. The molecule has 0 spiro atoms. The Kier molecular flexibility index (Phi) is 5.83. The number of rotatable bonds is 7. The van der Waals surface area contributed by atoms with Gasteiger partial charge in [-0.2, -0.15) is 0 Å². The van der Waals surface area contributed by atoms with Gasteiger partial charge in [0, 0.05) is 30.7 Å². The second-order valence-corrected chi connectivity index (χ2v) is 4.89. The van der Waals surface area contributed by atoms with Crippen LogP contribution >= 0.6 is 11.3 Å². The molecule has 0 unspecified atom stereocenters. The van der Waals surface area contributed by atoms with Crippen LogP contribution in [0.25, 0.3) is 0 Å². The molecule has 1 rings (SSSR count). The summed E-state index contributed by atoms with van der Waals surface area (Å²) >= 11 is 1.77. The minimum absolute atomic E-state index is 0.903. The Balaban J connectivity index is 2.11. The largest absolute Gasteiger partial charge is 0.309 e. The van der Waals surface area contributed by atoms with E-state index in [1.807, 2.05) is 6.20 Å². The fourth-order valence-electron chi connectivity index (χ4n) is 1.46. The summed E-state index contributed by atoms with van der Waals surface area (Å²) in [5, 5.41) is 4.61. The number of nitrogens with one attached hydrogen (secondary N) is 1. The van der Waals surface area contributed by atoms with Crippen molar-refractivity contribution in [1.82, 2.24) is 15.2 Å². The summed E-state index contributed by atoms with van der Waals surface area (Å²) in [6, 6.07) is 0. The normalized spacial score (nSPS) is 11.2. The van der Waals surface area contributed by atoms with Gasteiger partial charge in [-0.25, -0.2) is 4.98 Å². The second kappa shape index (κ2) is 6.93. The van der Waals surface area contributed by atoms with Crippen LogP contribution in [0.2, 0.25) is 0 Å². The Labute approximate surface area is 96.5 Å². The highest BCUT2D eigenvalue weighted by Gasteiger charge is 2.00. The van der Waals surface area contributed by atoms with Gasteiger partial charge in [0.2, 0.25) is 0 Å². The van der Waals surface area contributed by atoms with Gasteiger partial charge in [-0.15, -0.1) is 11.3 Å². The lowest BCUT2D eigenvalue weighted by Crippen LogP contribution is -2.31. The molecule has 1 aromatic rings. The van der Waals surface area contributed by atoms with Crippen molar-refractivity contribution >= 4 is 11.3 Å². The van der Waals surface area contributed by atoms with Crippen molar-refractivity contribution in [3.8, 4) is 0 Å². The Hall–Kier alpha value is -0.450. The third-order valence-corrected chi connectivity index (χ3v) is 3.36. The maximum atomic E-state index is 4.32. The van der Waals surface area contributed by atoms with Crippen LogP contribution in [0.1, 0.15) is 23.7 Å². The lowest BCUT2D eigenvalue weighted by Gasteiger charge is -2.17. The van der Waals surface area contributed by atoms with Crippen molar-refractivity contribution in [2.45, 2.75) is 27.3 Å². The van der Waals surface area contributed by atoms with E-state index in [-0.39, 0.29) is 0 Å².